The van der Waals surface area contributed by atoms with Crippen LogP contribution in [0.1, 0.15) is 6.42 Å². The van der Waals surface area contributed by atoms with Gasteiger partial charge in [-0.15, -0.1) is 0 Å². The molecule has 0 unspecified atom stereocenters. The number of aryl methyl sites for hydroxylation is 1. The summed E-state index contributed by atoms with van der Waals surface area (Å²) in [7, 11) is 4.86. The number of carbonyl (C=O) groups excluding carboxylic acids is 1. The SMILES string of the molecule is CN=C(NCCCN(C)CC(F)(F)F)N1CCN(c2cnn(C)c2)C(=O)C1. The van der Waals surface area contributed by atoms with Gasteiger partial charge in [-0.25, -0.2) is 0 Å². The molecule has 1 aliphatic rings. The number of guanidine groups is 1. The van der Waals surface area contributed by atoms with E-state index in [9.17, 15) is 18.0 Å². The van der Waals surface area contributed by atoms with Crippen molar-refractivity contribution in [3.63, 3.8) is 0 Å². The van der Waals surface area contributed by atoms with E-state index < -0.39 is 12.7 Å². The predicted molar refractivity (Wildman–Crippen MR) is 96.7 cm³/mol. The molecular formula is C16H26F3N7O. The molecule has 0 saturated carbocycles. The number of aliphatic imine (C=N–C) groups is 1. The van der Waals surface area contributed by atoms with Crippen molar-refractivity contribution in [3.05, 3.63) is 12.4 Å². The van der Waals surface area contributed by atoms with E-state index in [0.717, 1.165) is 5.69 Å². The highest BCUT2D eigenvalue weighted by atomic mass is 19.4. The second-order valence-corrected chi connectivity index (χ2v) is 6.52. The van der Waals surface area contributed by atoms with Gasteiger partial charge in [0.15, 0.2) is 5.96 Å². The summed E-state index contributed by atoms with van der Waals surface area (Å²) in [6.07, 6.45) is -0.210. The van der Waals surface area contributed by atoms with Crippen molar-refractivity contribution >= 4 is 17.6 Å². The van der Waals surface area contributed by atoms with Gasteiger partial charge >= 0.3 is 6.18 Å². The number of carbonyl (C=O) groups is 1. The van der Waals surface area contributed by atoms with Crippen LogP contribution in [-0.2, 0) is 11.8 Å². The standard InChI is InChI=1S/C16H26F3N7O/c1-20-15(21-5-4-6-23(2)12-16(17,18)19)25-7-8-26(14(27)11-25)13-9-22-24(3)10-13/h9-10H,4-8,11-12H2,1-3H3,(H,20,21). The molecule has 2 rings (SSSR count). The molecule has 1 saturated heterocycles. The summed E-state index contributed by atoms with van der Waals surface area (Å²) in [6, 6.07) is 0. The van der Waals surface area contributed by atoms with Gasteiger partial charge in [0.2, 0.25) is 5.91 Å². The van der Waals surface area contributed by atoms with E-state index in [1.54, 1.807) is 36.1 Å². The first-order valence-electron chi connectivity index (χ1n) is 8.69. The van der Waals surface area contributed by atoms with Gasteiger partial charge in [0.05, 0.1) is 18.4 Å². The molecule has 11 heteroatoms. The van der Waals surface area contributed by atoms with Crippen molar-refractivity contribution in [2.24, 2.45) is 12.0 Å². The average molecular weight is 389 g/mol. The molecule has 0 atom stereocenters. The van der Waals surface area contributed by atoms with Gasteiger partial charge in [-0.1, -0.05) is 0 Å². The molecule has 0 spiro atoms. The van der Waals surface area contributed by atoms with Crippen LogP contribution in [0.2, 0.25) is 0 Å². The quantitative estimate of drug-likeness (QED) is 0.437. The fourth-order valence-corrected chi connectivity index (χ4v) is 2.94. The second-order valence-electron chi connectivity index (χ2n) is 6.52. The number of hydrogen-bond donors (Lipinski definition) is 1. The topological polar surface area (TPSA) is 69.0 Å². The Kier molecular flexibility index (Phi) is 7.05. The van der Waals surface area contributed by atoms with Gasteiger partial charge in [0.1, 0.15) is 6.54 Å². The molecule has 2 heterocycles. The van der Waals surface area contributed by atoms with E-state index in [0.29, 0.717) is 38.6 Å². The molecule has 1 fully saturated rings. The predicted octanol–water partition coefficient (Wildman–Crippen LogP) is 0.528. The number of aromatic nitrogens is 2. The first-order valence-corrected chi connectivity index (χ1v) is 8.69. The Hall–Kier alpha value is -2.30. The number of piperazine rings is 1. The highest BCUT2D eigenvalue weighted by molar-refractivity contribution is 5.98. The summed E-state index contributed by atoms with van der Waals surface area (Å²) in [5.41, 5.74) is 0.762. The van der Waals surface area contributed by atoms with E-state index in [-0.39, 0.29) is 12.5 Å². The Bertz CT molecular complexity index is 659. The Balaban J connectivity index is 1.77. The molecule has 27 heavy (non-hydrogen) atoms. The van der Waals surface area contributed by atoms with Crippen molar-refractivity contribution in [2.45, 2.75) is 12.6 Å². The smallest absolute Gasteiger partial charge is 0.356 e. The molecule has 0 bridgehead atoms. The van der Waals surface area contributed by atoms with Crippen molar-refractivity contribution in [2.75, 3.05) is 58.3 Å². The van der Waals surface area contributed by atoms with Gasteiger partial charge in [0, 0.05) is 39.9 Å². The second kappa shape index (κ2) is 9.07. The molecule has 0 aliphatic carbocycles. The number of rotatable bonds is 6. The molecule has 1 aromatic rings. The lowest BCUT2D eigenvalue weighted by Gasteiger charge is -2.35. The summed E-state index contributed by atoms with van der Waals surface area (Å²) >= 11 is 0. The van der Waals surface area contributed by atoms with Gasteiger partial charge < -0.3 is 15.1 Å². The number of nitrogens with zero attached hydrogens (tertiary/aromatic N) is 6. The normalized spacial score (nSPS) is 16.4. The van der Waals surface area contributed by atoms with Crippen LogP contribution < -0.4 is 10.2 Å². The van der Waals surface area contributed by atoms with Crippen molar-refractivity contribution < 1.29 is 18.0 Å². The summed E-state index contributed by atoms with van der Waals surface area (Å²) in [6.45, 7) is 1.17. The third kappa shape index (κ3) is 6.42. The van der Waals surface area contributed by atoms with E-state index in [2.05, 4.69) is 15.4 Å². The molecule has 1 aromatic heterocycles. The molecule has 1 aliphatic heterocycles. The van der Waals surface area contributed by atoms with E-state index in [1.165, 1.54) is 11.9 Å². The summed E-state index contributed by atoms with van der Waals surface area (Å²) < 4.78 is 38.6. The highest BCUT2D eigenvalue weighted by Gasteiger charge is 2.29. The van der Waals surface area contributed by atoms with Crippen molar-refractivity contribution in [3.8, 4) is 0 Å². The number of nitrogens with one attached hydrogen (secondary N) is 1. The zero-order valence-corrected chi connectivity index (χ0v) is 15.8. The largest absolute Gasteiger partial charge is 0.401 e. The number of amides is 1. The van der Waals surface area contributed by atoms with Gasteiger partial charge in [-0.2, -0.15) is 18.3 Å². The molecule has 0 radical (unpaired) electrons. The van der Waals surface area contributed by atoms with Gasteiger partial charge in [-0.3, -0.25) is 19.4 Å². The van der Waals surface area contributed by atoms with Gasteiger partial charge in [0.25, 0.3) is 0 Å². The van der Waals surface area contributed by atoms with Gasteiger partial charge in [-0.05, 0) is 20.0 Å². The maximum absolute atomic E-state index is 12.4. The van der Waals surface area contributed by atoms with E-state index >= 15 is 0 Å². The van der Waals surface area contributed by atoms with Crippen LogP contribution in [0.3, 0.4) is 0 Å². The van der Waals surface area contributed by atoms with Crippen LogP contribution in [-0.4, -0.2) is 91.0 Å². The van der Waals surface area contributed by atoms with Crippen LogP contribution in [0, 0.1) is 0 Å². The Labute approximate surface area is 156 Å². The van der Waals surface area contributed by atoms with E-state index in [4.69, 9.17) is 0 Å². The highest BCUT2D eigenvalue weighted by Crippen LogP contribution is 2.16. The first-order chi connectivity index (χ1) is 12.7. The first kappa shape index (κ1) is 21.0. The molecular weight excluding hydrogens is 363 g/mol. The van der Waals surface area contributed by atoms with Crippen LogP contribution >= 0.6 is 0 Å². The van der Waals surface area contributed by atoms with E-state index in [1.807, 2.05) is 4.90 Å². The zero-order valence-electron chi connectivity index (χ0n) is 15.8. The monoisotopic (exact) mass is 389 g/mol. The van der Waals surface area contributed by atoms with Crippen LogP contribution in [0.5, 0.6) is 0 Å². The minimum atomic E-state index is -4.19. The van der Waals surface area contributed by atoms with Crippen molar-refractivity contribution in [1.82, 2.24) is 24.9 Å². The molecule has 1 N–H and O–H groups in total. The number of hydrogen-bond acceptors (Lipinski definition) is 4. The number of anilines is 1. The molecule has 152 valence electrons. The Morgan fingerprint density at radius 3 is 2.70 bits per heavy atom. The maximum Gasteiger partial charge on any atom is 0.401 e. The summed E-state index contributed by atoms with van der Waals surface area (Å²) in [5.74, 6) is 0.523. The zero-order chi connectivity index (χ0) is 20.0. The van der Waals surface area contributed by atoms with Crippen LogP contribution in [0.4, 0.5) is 18.9 Å². The number of halogens is 3. The lowest BCUT2D eigenvalue weighted by atomic mass is 10.3. The molecule has 8 nitrogen and oxygen atoms in total. The summed E-state index contributed by atoms with van der Waals surface area (Å²) in [5, 5.41) is 7.20. The molecule has 1 amide bonds. The third-order valence-electron chi connectivity index (χ3n) is 4.18. The molecule has 0 aromatic carbocycles. The third-order valence-corrected chi connectivity index (χ3v) is 4.18. The Morgan fingerprint density at radius 1 is 1.41 bits per heavy atom. The average Bonchev–Trinajstić information content (AvgIpc) is 2.99. The summed E-state index contributed by atoms with van der Waals surface area (Å²) in [4.78, 5) is 21.4. The minimum absolute atomic E-state index is 0.0536. The Morgan fingerprint density at radius 2 is 2.15 bits per heavy atom. The lowest BCUT2D eigenvalue weighted by Crippen LogP contribution is -2.55. The van der Waals surface area contributed by atoms with Crippen LogP contribution in [0.25, 0.3) is 0 Å². The lowest BCUT2D eigenvalue weighted by molar-refractivity contribution is -0.143. The maximum atomic E-state index is 12.4. The fraction of sp³-hybridized carbons (Fsp3) is 0.688. The van der Waals surface area contributed by atoms with Crippen molar-refractivity contribution in [1.29, 1.82) is 0 Å². The minimum Gasteiger partial charge on any atom is -0.356 e. The van der Waals surface area contributed by atoms with Crippen LogP contribution in [0.15, 0.2) is 17.4 Å². The number of alkyl halides is 3. The fourth-order valence-electron chi connectivity index (χ4n) is 2.94.